The summed E-state index contributed by atoms with van der Waals surface area (Å²) in [5.41, 5.74) is 1.72. The number of hydrogen-bond donors (Lipinski definition) is 1. The topological polar surface area (TPSA) is 63.2 Å². The van der Waals surface area contributed by atoms with E-state index in [1.807, 2.05) is 36.4 Å². The van der Waals surface area contributed by atoms with Crippen LogP contribution >= 0.6 is 15.9 Å². The lowest BCUT2D eigenvalue weighted by molar-refractivity contribution is -0.119. The molecule has 0 heterocycles. The fourth-order valence-corrected chi connectivity index (χ4v) is 5.67. The van der Waals surface area contributed by atoms with Crippen LogP contribution in [0.1, 0.15) is 49.3 Å². The quantitative estimate of drug-likeness (QED) is 0.640. The molecule has 1 atom stereocenters. The summed E-state index contributed by atoms with van der Waals surface area (Å²) in [5, 5.41) is 3.03. The molecule has 6 heteroatoms. The van der Waals surface area contributed by atoms with Crippen LogP contribution in [0.25, 0.3) is 0 Å². The maximum atomic E-state index is 12.6. The van der Waals surface area contributed by atoms with Gasteiger partial charge in [-0.2, -0.15) is 0 Å². The van der Waals surface area contributed by atoms with Crippen LogP contribution < -0.4 is 5.32 Å². The van der Waals surface area contributed by atoms with Crippen LogP contribution in [0, 0.1) is 5.92 Å². The molecule has 0 radical (unpaired) electrons. The highest BCUT2D eigenvalue weighted by Crippen LogP contribution is 2.34. The van der Waals surface area contributed by atoms with Gasteiger partial charge >= 0.3 is 0 Å². The molecule has 0 bridgehead atoms. The average molecular weight is 464 g/mol. The molecular formula is C22H26BrNO3S. The summed E-state index contributed by atoms with van der Waals surface area (Å²) >= 11 is 3.35. The van der Waals surface area contributed by atoms with Crippen molar-refractivity contribution in [3.8, 4) is 0 Å². The van der Waals surface area contributed by atoms with Crippen LogP contribution in [-0.4, -0.2) is 20.1 Å². The Morgan fingerprint density at radius 2 is 1.75 bits per heavy atom. The van der Waals surface area contributed by atoms with Gasteiger partial charge in [0, 0.05) is 4.47 Å². The summed E-state index contributed by atoms with van der Waals surface area (Å²) in [6.07, 6.45) is 5.67. The number of hydrogen-bond acceptors (Lipinski definition) is 3. The number of rotatable bonds is 7. The Balaban J connectivity index is 1.69. The Hall–Kier alpha value is -1.66. The smallest absolute Gasteiger partial charge is 0.235 e. The Labute approximate surface area is 175 Å². The fraction of sp³-hybridized carbons (Fsp3) is 0.409. The molecule has 0 aliphatic heterocycles. The van der Waals surface area contributed by atoms with Gasteiger partial charge in [-0.25, -0.2) is 8.42 Å². The predicted octanol–water partition coefficient (Wildman–Crippen LogP) is 4.80. The summed E-state index contributed by atoms with van der Waals surface area (Å²) in [6.45, 7) is 0. The van der Waals surface area contributed by atoms with Gasteiger partial charge in [0.1, 0.15) is 5.75 Å². The standard InChI is InChI=1S/C22H26BrNO3S/c23-20-13-7-8-17(14-20)15-28(26,27)16-21(25)24-22(18-9-3-1-4-10-18)19-11-5-2-6-12-19/h1,3-4,7-10,13-14,19,22H,2,5-6,11-12,15-16H2,(H,24,25). The van der Waals surface area contributed by atoms with E-state index >= 15 is 0 Å². The predicted molar refractivity (Wildman–Crippen MR) is 116 cm³/mol. The minimum atomic E-state index is -3.54. The number of carbonyl (C=O) groups is 1. The van der Waals surface area contributed by atoms with Crippen molar-refractivity contribution in [1.29, 1.82) is 0 Å². The minimum absolute atomic E-state index is 0.130. The summed E-state index contributed by atoms with van der Waals surface area (Å²) in [5.74, 6) is -0.697. The van der Waals surface area contributed by atoms with Crippen molar-refractivity contribution >= 4 is 31.7 Å². The Morgan fingerprint density at radius 3 is 2.43 bits per heavy atom. The Bertz CT molecular complexity index is 893. The van der Waals surface area contributed by atoms with Gasteiger partial charge in [-0.15, -0.1) is 0 Å². The largest absolute Gasteiger partial charge is 0.348 e. The molecule has 0 spiro atoms. The average Bonchev–Trinajstić information content (AvgIpc) is 2.66. The minimum Gasteiger partial charge on any atom is -0.348 e. The molecule has 2 aromatic carbocycles. The fourth-order valence-electron chi connectivity index (χ4n) is 3.95. The number of sulfone groups is 1. The molecule has 2 aromatic rings. The lowest BCUT2D eigenvalue weighted by atomic mass is 9.81. The Morgan fingerprint density at radius 1 is 1.04 bits per heavy atom. The molecule has 1 aliphatic rings. The van der Waals surface area contributed by atoms with Crippen molar-refractivity contribution in [2.45, 2.75) is 43.9 Å². The van der Waals surface area contributed by atoms with E-state index in [0.717, 1.165) is 35.7 Å². The van der Waals surface area contributed by atoms with E-state index in [4.69, 9.17) is 0 Å². The zero-order valence-corrected chi connectivity index (χ0v) is 18.2. The van der Waals surface area contributed by atoms with E-state index in [-0.39, 0.29) is 11.8 Å². The lowest BCUT2D eigenvalue weighted by Gasteiger charge is -2.31. The number of amides is 1. The van der Waals surface area contributed by atoms with Gasteiger partial charge in [0.25, 0.3) is 0 Å². The second kappa shape index (κ2) is 9.70. The van der Waals surface area contributed by atoms with Crippen molar-refractivity contribution in [3.05, 3.63) is 70.2 Å². The van der Waals surface area contributed by atoms with Crippen LogP contribution in [0.5, 0.6) is 0 Å². The summed E-state index contributed by atoms with van der Waals surface area (Å²) < 4.78 is 25.9. The van der Waals surface area contributed by atoms with Gasteiger partial charge in [-0.05, 0) is 42.0 Å². The van der Waals surface area contributed by atoms with Gasteiger partial charge in [0.2, 0.25) is 5.91 Å². The van der Waals surface area contributed by atoms with Gasteiger partial charge < -0.3 is 5.32 Å². The van der Waals surface area contributed by atoms with Crippen LogP contribution in [-0.2, 0) is 20.4 Å². The van der Waals surface area contributed by atoms with Crippen molar-refractivity contribution in [2.75, 3.05) is 5.75 Å². The molecule has 28 heavy (non-hydrogen) atoms. The first-order chi connectivity index (χ1) is 13.4. The van der Waals surface area contributed by atoms with Gasteiger partial charge in [-0.3, -0.25) is 4.79 Å². The molecule has 150 valence electrons. The maximum absolute atomic E-state index is 12.6. The Kier molecular flexibility index (Phi) is 7.30. The zero-order valence-electron chi connectivity index (χ0n) is 15.8. The van der Waals surface area contributed by atoms with Crippen molar-refractivity contribution in [1.82, 2.24) is 5.32 Å². The molecule has 1 N–H and O–H groups in total. The van der Waals surface area contributed by atoms with E-state index in [9.17, 15) is 13.2 Å². The van der Waals surface area contributed by atoms with Gasteiger partial charge in [0.05, 0.1) is 11.8 Å². The van der Waals surface area contributed by atoms with E-state index in [1.54, 1.807) is 18.2 Å². The highest BCUT2D eigenvalue weighted by atomic mass is 79.9. The third-order valence-electron chi connectivity index (χ3n) is 5.22. The highest BCUT2D eigenvalue weighted by molar-refractivity contribution is 9.10. The zero-order chi connectivity index (χ0) is 20.0. The second-order valence-electron chi connectivity index (χ2n) is 7.52. The van der Waals surface area contributed by atoms with Crippen molar-refractivity contribution in [3.63, 3.8) is 0 Å². The number of halogens is 1. The first-order valence-electron chi connectivity index (χ1n) is 9.72. The van der Waals surface area contributed by atoms with Gasteiger partial charge in [-0.1, -0.05) is 77.7 Å². The second-order valence-corrected chi connectivity index (χ2v) is 10.5. The lowest BCUT2D eigenvalue weighted by Crippen LogP contribution is -2.38. The van der Waals surface area contributed by atoms with Crippen molar-refractivity contribution < 1.29 is 13.2 Å². The van der Waals surface area contributed by atoms with Crippen LogP contribution in [0.4, 0.5) is 0 Å². The monoisotopic (exact) mass is 463 g/mol. The van der Waals surface area contributed by atoms with Gasteiger partial charge in [0.15, 0.2) is 9.84 Å². The summed E-state index contributed by atoms with van der Waals surface area (Å²) in [4.78, 5) is 12.6. The number of nitrogens with one attached hydrogen (secondary N) is 1. The SMILES string of the molecule is O=C(CS(=O)(=O)Cc1cccc(Br)c1)NC(c1ccccc1)C1CCCCC1. The molecule has 4 nitrogen and oxygen atoms in total. The molecule has 1 aliphatic carbocycles. The van der Waals surface area contributed by atoms with Crippen LogP contribution in [0.15, 0.2) is 59.1 Å². The van der Waals surface area contributed by atoms with E-state index < -0.39 is 21.5 Å². The molecule has 0 saturated heterocycles. The van der Waals surface area contributed by atoms with E-state index in [2.05, 4.69) is 21.2 Å². The maximum Gasteiger partial charge on any atom is 0.235 e. The van der Waals surface area contributed by atoms with Crippen LogP contribution in [0.2, 0.25) is 0 Å². The first-order valence-corrected chi connectivity index (χ1v) is 12.3. The molecule has 1 fully saturated rings. The van der Waals surface area contributed by atoms with E-state index in [0.29, 0.717) is 11.5 Å². The molecular weight excluding hydrogens is 438 g/mol. The molecule has 1 unspecified atom stereocenters. The third kappa shape index (κ3) is 6.17. The normalized spacial score (nSPS) is 16.5. The number of benzene rings is 2. The molecule has 1 amide bonds. The molecule has 3 rings (SSSR count). The molecule has 1 saturated carbocycles. The molecule has 0 aromatic heterocycles. The summed E-state index contributed by atoms with van der Waals surface area (Å²) in [6, 6.07) is 16.9. The number of carbonyl (C=O) groups excluding carboxylic acids is 1. The first kappa shape index (κ1) is 21.1. The van der Waals surface area contributed by atoms with Crippen molar-refractivity contribution in [2.24, 2.45) is 5.92 Å². The third-order valence-corrected chi connectivity index (χ3v) is 7.19. The van der Waals surface area contributed by atoms with E-state index in [1.165, 1.54) is 6.42 Å². The summed E-state index contributed by atoms with van der Waals surface area (Å²) in [7, 11) is -3.54. The highest BCUT2D eigenvalue weighted by Gasteiger charge is 2.28. The van der Waals surface area contributed by atoms with Crippen LogP contribution in [0.3, 0.4) is 0 Å².